The number of hydrazone groups is 1. The molecule has 8 nitrogen and oxygen atoms in total. The third-order valence-electron chi connectivity index (χ3n) is 3.62. The topological polar surface area (TPSA) is 107 Å². The van der Waals surface area contributed by atoms with Gasteiger partial charge < -0.3 is 9.15 Å². The molecule has 1 N–H and O–H groups in total. The van der Waals surface area contributed by atoms with Crippen LogP contribution in [0.5, 0.6) is 5.75 Å². The van der Waals surface area contributed by atoms with Gasteiger partial charge in [-0.2, -0.15) is 5.10 Å². The summed E-state index contributed by atoms with van der Waals surface area (Å²) >= 11 is 11.8. The highest BCUT2D eigenvalue weighted by Gasteiger charge is 2.08. The second-order valence-corrected chi connectivity index (χ2v) is 6.51. The lowest BCUT2D eigenvalue weighted by molar-refractivity contribution is -0.384. The molecular weight excluding hydrogens is 421 g/mol. The van der Waals surface area contributed by atoms with Crippen molar-refractivity contribution in [3.8, 4) is 17.1 Å². The second-order valence-electron chi connectivity index (χ2n) is 5.66. The number of hydrogen-bond acceptors (Lipinski definition) is 6. The molecule has 1 amide bonds. The molecule has 0 spiro atoms. The zero-order valence-corrected chi connectivity index (χ0v) is 16.2. The fraction of sp³-hybridized carbons (Fsp3) is 0.0526. The van der Waals surface area contributed by atoms with Crippen molar-refractivity contribution >= 4 is 41.0 Å². The monoisotopic (exact) mass is 433 g/mol. The van der Waals surface area contributed by atoms with Crippen LogP contribution in [0.1, 0.15) is 5.76 Å². The quantitative estimate of drug-likeness (QED) is 0.330. The minimum Gasteiger partial charge on any atom is -0.482 e. The Morgan fingerprint density at radius 2 is 1.93 bits per heavy atom. The molecule has 2 aromatic carbocycles. The van der Waals surface area contributed by atoms with Gasteiger partial charge in [0.1, 0.15) is 17.3 Å². The maximum Gasteiger partial charge on any atom is 0.277 e. The first-order chi connectivity index (χ1) is 13.9. The van der Waals surface area contributed by atoms with E-state index < -0.39 is 10.8 Å². The standard InChI is InChI=1S/C19H13Cl2N3O5/c20-13-3-7-18(16(21)9-13)28-11-19(25)23-22-10-15-6-8-17(29-15)12-1-4-14(5-2-12)24(26)27/h1-10H,11H2,(H,23,25)/b22-10-. The maximum absolute atomic E-state index is 11.8. The van der Waals surface area contributed by atoms with E-state index in [-0.39, 0.29) is 12.3 Å². The highest BCUT2D eigenvalue weighted by molar-refractivity contribution is 6.35. The summed E-state index contributed by atoms with van der Waals surface area (Å²) in [5.41, 5.74) is 2.97. The van der Waals surface area contributed by atoms with Crippen LogP contribution in [0.3, 0.4) is 0 Å². The van der Waals surface area contributed by atoms with E-state index in [9.17, 15) is 14.9 Å². The average molecular weight is 434 g/mol. The third-order valence-corrected chi connectivity index (χ3v) is 4.15. The Labute approximate surface area is 174 Å². The lowest BCUT2D eigenvalue weighted by Gasteiger charge is -2.06. The van der Waals surface area contributed by atoms with Crippen molar-refractivity contribution in [3.05, 3.63) is 80.5 Å². The molecule has 0 saturated carbocycles. The molecule has 0 aliphatic carbocycles. The van der Waals surface area contributed by atoms with Gasteiger partial charge in [0.2, 0.25) is 0 Å². The van der Waals surface area contributed by atoms with Crippen LogP contribution >= 0.6 is 23.2 Å². The van der Waals surface area contributed by atoms with Crippen LogP contribution in [0, 0.1) is 10.1 Å². The number of nitro benzene ring substituents is 1. The van der Waals surface area contributed by atoms with Crippen LogP contribution in [0.2, 0.25) is 10.0 Å². The van der Waals surface area contributed by atoms with Crippen LogP contribution in [-0.2, 0) is 4.79 Å². The van der Waals surface area contributed by atoms with Crippen molar-refractivity contribution in [1.82, 2.24) is 5.43 Å². The summed E-state index contributed by atoms with van der Waals surface area (Å²) in [5, 5.41) is 15.2. The molecule has 10 heteroatoms. The first-order valence-electron chi connectivity index (χ1n) is 8.17. The fourth-order valence-electron chi connectivity index (χ4n) is 2.26. The van der Waals surface area contributed by atoms with Crippen LogP contribution in [0.15, 0.2) is 64.1 Å². The molecule has 0 fully saturated rings. The van der Waals surface area contributed by atoms with Gasteiger partial charge in [-0.1, -0.05) is 23.2 Å². The van der Waals surface area contributed by atoms with Gasteiger partial charge in [-0.05, 0) is 42.5 Å². The lowest BCUT2D eigenvalue weighted by atomic mass is 10.1. The molecular formula is C19H13Cl2N3O5. The second kappa shape index (κ2) is 9.22. The molecule has 0 aliphatic heterocycles. The number of hydrogen-bond donors (Lipinski definition) is 1. The fourth-order valence-corrected chi connectivity index (χ4v) is 2.72. The number of nitrogens with zero attached hydrogens (tertiary/aromatic N) is 2. The molecule has 0 bridgehead atoms. The molecule has 1 heterocycles. The number of halogens is 2. The van der Waals surface area contributed by atoms with Gasteiger partial charge in [-0.25, -0.2) is 5.43 Å². The predicted molar refractivity (Wildman–Crippen MR) is 108 cm³/mol. The van der Waals surface area contributed by atoms with Gasteiger partial charge in [-0.15, -0.1) is 0 Å². The van der Waals surface area contributed by atoms with Crippen LogP contribution in [0.25, 0.3) is 11.3 Å². The molecule has 0 saturated heterocycles. The normalized spacial score (nSPS) is 10.8. The summed E-state index contributed by atoms with van der Waals surface area (Å²) in [4.78, 5) is 22.0. The van der Waals surface area contributed by atoms with Crippen LogP contribution in [-0.4, -0.2) is 23.7 Å². The number of carbonyl (C=O) groups excluding carboxylic acids is 1. The van der Waals surface area contributed by atoms with Crippen molar-refractivity contribution in [2.45, 2.75) is 0 Å². The zero-order valence-electron chi connectivity index (χ0n) is 14.7. The highest BCUT2D eigenvalue weighted by atomic mass is 35.5. The Hall–Kier alpha value is -3.36. The van der Waals surface area contributed by atoms with Crippen molar-refractivity contribution in [2.24, 2.45) is 5.10 Å². The van der Waals surface area contributed by atoms with E-state index in [0.717, 1.165) is 0 Å². The van der Waals surface area contributed by atoms with E-state index in [2.05, 4.69) is 10.5 Å². The summed E-state index contributed by atoms with van der Waals surface area (Å²) in [6.45, 7) is -0.287. The minimum absolute atomic E-state index is 0.00749. The van der Waals surface area contributed by atoms with Crippen molar-refractivity contribution in [2.75, 3.05) is 6.61 Å². The van der Waals surface area contributed by atoms with Gasteiger partial charge >= 0.3 is 0 Å². The van der Waals surface area contributed by atoms with Crippen LogP contribution < -0.4 is 10.2 Å². The molecule has 0 unspecified atom stereocenters. The molecule has 0 radical (unpaired) electrons. The number of nitrogens with one attached hydrogen (secondary N) is 1. The summed E-state index contributed by atoms with van der Waals surface area (Å²) in [6, 6.07) is 13.9. The summed E-state index contributed by atoms with van der Waals surface area (Å²) in [7, 11) is 0. The first kappa shape index (κ1) is 20.4. The van der Waals surface area contributed by atoms with Crippen LogP contribution in [0.4, 0.5) is 5.69 Å². The molecule has 3 rings (SSSR count). The Balaban J connectivity index is 1.52. The number of benzene rings is 2. The van der Waals surface area contributed by atoms with Crippen molar-refractivity contribution in [1.29, 1.82) is 0 Å². The number of furan rings is 1. The van der Waals surface area contributed by atoms with E-state index in [1.54, 1.807) is 36.4 Å². The summed E-state index contributed by atoms with van der Waals surface area (Å²) in [5.74, 6) is 0.733. The predicted octanol–water partition coefficient (Wildman–Crippen LogP) is 4.69. The van der Waals surface area contributed by atoms with Crippen molar-refractivity contribution in [3.63, 3.8) is 0 Å². The third kappa shape index (κ3) is 5.56. The number of ether oxygens (including phenoxy) is 1. The Morgan fingerprint density at radius 3 is 2.62 bits per heavy atom. The van der Waals surface area contributed by atoms with Gasteiger partial charge in [0, 0.05) is 22.7 Å². The van der Waals surface area contributed by atoms with E-state index in [1.807, 2.05) is 0 Å². The van der Waals surface area contributed by atoms with Gasteiger partial charge in [0.05, 0.1) is 16.2 Å². The minimum atomic E-state index is -0.491. The number of amides is 1. The van der Waals surface area contributed by atoms with E-state index in [4.69, 9.17) is 32.4 Å². The Bertz CT molecular complexity index is 1060. The molecule has 3 aromatic rings. The average Bonchev–Trinajstić information content (AvgIpc) is 3.16. The van der Waals surface area contributed by atoms with Gasteiger partial charge in [0.15, 0.2) is 6.61 Å². The van der Waals surface area contributed by atoms with Gasteiger partial charge in [0.25, 0.3) is 11.6 Å². The zero-order chi connectivity index (χ0) is 20.8. The van der Waals surface area contributed by atoms with E-state index in [0.29, 0.717) is 32.9 Å². The SMILES string of the molecule is O=C(COc1ccc(Cl)cc1Cl)N/N=C\c1ccc(-c2ccc([N+](=O)[O-])cc2)o1. The number of non-ortho nitro benzene ring substituents is 1. The smallest absolute Gasteiger partial charge is 0.277 e. The first-order valence-corrected chi connectivity index (χ1v) is 8.92. The molecule has 1 aromatic heterocycles. The summed E-state index contributed by atoms with van der Waals surface area (Å²) < 4.78 is 10.9. The Morgan fingerprint density at radius 1 is 1.17 bits per heavy atom. The maximum atomic E-state index is 11.8. The highest BCUT2D eigenvalue weighted by Crippen LogP contribution is 2.27. The van der Waals surface area contributed by atoms with Crippen molar-refractivity contribution < 1.29 is 18.9 Å². The molecule has 0 atom stereocenters. The molecule has 0 aliphatic rings. The van der Waals surface area contributed by atoms with E-state index in [1.165, 1.54) is 24.4 Å². The largest absolute Gasteiger partial charge is 0.482 e. The molecule has 29 heavy (non-hydrogen) atoms. The number of nitro groups is 1. The number of carbonyl (C=O) groups is 1. The van der Waals surface area contributed by atoms with Gasteiger partial charge in [-0.3, -0.25) is 14.9 Å². The summed E-state index contributed by atoms with van der Waals surface area (Å²) in [6.07, 6.45) is 1.32. The Kier molecular flexibility index (Phi) is 6.48. The lowest BCUT2D eigenvalue weighted by Crippen LogP contribution is -2.24. The van der Waals surface area contributed by atoms with E-state index >= 15 is 0 Å². The number of rotatable bonds is 7. The molecule has 148 valence electrons.